The summed E-state index contributed by atoms with van der Waals surface area (Å²) in [4.78, 5) is 2.61. The maximum absolute atomic E-state index is 6.59. The molecule has 1 aliphatic heterocycles. The Kier molecular flexibility index (Phi) is 6.36. The molecule has 24 heavy (non-hydrogen) atoms. The molecule has 2 aliphatic rings. The van der Waals surface area contributed by atoms with Gasteiger partial charge in [0.25, 0.3) is 0 Å². The van der Waals surface area contributed by atoms with Crippen LogP contribution in [0.15, 0.2) is 30.3 Å². The summed E-state index contributed by atoms with van der Waals surface area (Å²) in [5.74, 6) is 0. The lowest BCUT2D eigenvalue weighted by atomic mass is 9.93. The van der Waals surface area contributed by atoms with Crippen molar-refractivity contribution in [1.82, 2.24) is 0 Å². The number of benzene rings is 1. The van der Waals surface area contributed by atoms with Gasteiger partial charge >= 0.3 is 0 Å². The van der Waals surface area contributed by atoms with E-state index in [0.29, 0.717) is 6.04 Å². The molecule has 1 unspecified atom stereocenters. The lowest BCUT2D eigenvalue weighted by Gasteiger charge is -2.40. The summed E-state index contributed by atoms with van der Waals surface area (Å²) < 4.78 is 12.5. The second-order valence-electron chi connectivity index (χ2n) is 7.96. The van der Waals surface area contributed by atoms with Crippen molar-refractivity contribution in [2.75, 3.05) is 24.7 Å². The van der Waals surface area contributed by atoms with Crippen molar-refractivity contribution >= 4 is 14.0 Å². The highest BCUT2D eigenvalue weighted by Crippen LogP contribution is 2.29. The topological polar surface area (TPSA) is 21.7 Å². The summed E-state index contributed by atoms with van der Waals surface area (Å²) in [6.45, 7) is 7.32. The van der Waals surface area contributed by atoms with Gasteiger partial charge in [-0.15, -0.1) is 0 Å². The molecular weight excluding hydrogens is 314 g/mol. The molecule has 134 valence electrons. The molecule has 4 heteroatoms. The minimum absolute atomic E-state index is 0.203. The summed E-state index contributed by atoms with van der Waals surface area (Å²) in [7, 11) is -1.56. The van der Waals surface area contributed by atoms with E-state index in [-0.39, 0.29) is 6.10 Å². The molecule has 0 radical (unpaired) electrons. The van der Waals surface area contributed by atoms with Crippen molar-refractivity contribution in [3.63, 3.8) is 0 Å². The van der Waals surface area contributed by atoms with Crippen LogP contribution in [0.2, 0.25) is 19.1 Å². The van der Waals surface area contributed by atoms with Gasteiger partial charge in [-0.3, -0.25) is 0 Å². The van der Waals surface area contributed by atoms with E-state index in [1.54, 1.807) is 0 Å². The van der Waals surface area contributed by atoms with Crippen molar-refractivity contribution < 1.29 is 9.16 Å². The van der Waals surface area contributed by atoms with Gasteiger partial charge in [0, 0.05) is 24.9 Å². The predicted molar refractivity (Wildman–Crippen MR) is 103 cm³/mol. The van der Waals surface area contributed by atoms with Gasteiger partial charge in [0.05, 0.1) is 12.7 Å². The van der Waals surface area contributed by atoms with Crippen LogP contribution in [0.3, 0.4) is 0 Å². The first-order valence-electron chi connectivity index (χ1n) is 9.71. The molecular formula is C20H33NO2Si. The molecule has 0 bridgehead atoms. The van der Waals surface area contributed by atoms with E-state index in [4.69, 9.17) is 9.16 Å². The average Bonchev–Trinajstić information content (AvgIpc) is 2.58. The fourth-order valence-electron chi connectivity index (χ4n) is 4.15. The molecule has 3 rings (SSSR count). The summed E-state index contributed by atoms with van der Waals surface area (Å²) in [6, 6.07) is 12.8. The van der Waals surface area contributed by atoms with Crippen LogP contribution < -0.4 is 4.90 Å². The van der Waals surface area contributed by atoms with Crippen LogP contribution in [-0.4, -0.2) is 40.2 Å². The molecule has 1 saturated heterocycles. The summed E-state index contributed by atoms with van der Waals surface area (Å²) in [5.41, 5.74) is 1.34. The molecule has 0 N–H and O–H groups in total. The Morgan fingerprint density at radius 1 is 1.04 bits per heavy atom. The molecule has 0 amide bonds. The normalized spacial score (nSPS) is 25.7. The van der Waals surface area contributed by atoms with E-state index in [2.05, 4.69) is 48.3 Å². The Labute approximate surface area is 148 Å². The maximum Gasteiger partial charge on any atom is 0.187 e. The van der Waals surface area contributed by atoms with E-state index in [1.165, 1.54) is 43.8 Å². The third-order valence-corrected chi connectivity index (χ3v) is 7.89. The van der Waals surface area contributed by atoms with Crippen LogP contribution in [0.4, 0.5) is 5.69 Å². The van der Waals surface area contributed by atoms with Crippen LogP contribution in [0.25, 0.3) is 0 Å². The predicted octanol–water partition coefficient (Wildman–Crippen LogP) is 4.84. The quantitative estimate of drug-likeness (QED) is 0.728. The molecule has 1 atom stereocenters. The second kappa shape index (κ2) is 8.50. The number of hydrogen-bond acceptors (Lipinski definition) is 3. The molecule has 1 aromatic carbocycles. The molecule has 0 aromatic heterocycles. The Hall–Kier alpha value is -0.843. The zero-order valence-corrected chi connectivity index (χ0v) is 16.4. The van der Waals surface area contributed by atoms with Gasteiger partial charge in [-0.25, -0.2) is 0 Å². The highest BCUT2D eigenvalue weighted by atomic mass is 28.4. The molecule has 2 fully saturated rings. The van der Waals surface area contributed by atoms with Gasteiger partial charge in [0.2, 0.25) is 0 Å². The van der Waals surface area contributed by atoms with Crippen LogP contribution in [0.5, 0.6) is 0 Å². The molecule has 1 aromatic rings. The number of anilines is 1. The SMILES string of the molecule is C[Si]1(C)CCCOCC(CN(c2ccccc2)C2CCCCC2)O1. The van der Waals surface area contributed by atoms with Crippen LogP contribution in [0, 0.1) is 0 Å². The zero-order chi connectivity index (χ0) is 16.8. The minimum Gasteiger partial charge on any atom is -0.410 e. The van der Waals surface area contributed by atoms with Crippen LogP contribution in [-0.2, 0) is 9.16 Å². The first-order chi connectivity index (χ1) is 11.6. The van der Waals surface area contributed by atoms with Gasteiger partial charge in [0.15, 0.2) is 8.32 Å². The summed E-state index contributed by atoms with van der Waals surface area (Å²) >= 11 is 0. The number of para-hydroxylation sites is 1. The zero-order valence-electron chi connectivity index (χ0n) is 15.4. The van der Waals surface area contributed by atoms with E-state index in [1.807, 2.05) is 0 Å². The maximum atomic E-state index is 6.59. The minimum atomic E-state index is -1.56. The molecule has 1 aliphatic carbocycles. The Morgan fingerprint density at radius 2 is 1.79 bits per heavy atom. The summed E-state index contributed by atoms with van der Waals surface area (Å²) in [5, 5.41) is 0. The standard InChI is InChI=1S/C20H33NO2Si/c1-24(2)15-9-14-22-17-20(23-24)16-21(18-10-5-3-6-11-18)19-12-7-4-8-13-19/h3,5-6,10-11,19-20H,4,7-9,12-17H2,1-2H3. The van der Waals surface area contributed by atoms with E-state index < -0.39 is 8.32 Å². The number of nitrogens with zero attached hydrogens (tertiary/aromatic N) is 1. The van der Waals surface area contributed by atoms with Gasteiger partial charge in [-0.1, -0.05) is 37.5 Å². The lowest BCUT2D eigenvalue weighted by molar-refractivity contribution is 0.0378. The van der Waals surface area contributed by atoms with Gasteiger partial charge < -0.3 is 14.1 Å². The molecule has 3 nitrogen and oxygen atoms in total. The monoisotopic (exact) mass is 347 g/mol. The van der Waals surface area contributed by atoms with Crippen molar-refractivity contribution in [1.29, 1.82) is 0 Å². The largest absolute Gasteiger partial charge is 0.410 e. The summed E-state index contributed by atoms with van der Waals surface area (Å²) in [6.07, 6.45) is 8.08. The smallest absolute Gasteiger partial charge is 0.187 e. The Balaban J connectivity index is 1.74. The van der Waals surface area contributed by atoms with E-state index >= 15 is 0 Å². The van der Waals surface area contributed by atoms with Crippen molar-refractivity contribution in [3.05, 3.63) is 30.3 Å². The third-order valence-electron chi connectivity index (χ3n) is 5.36. The third kappa shape index (κ3) is 5.07. The van der Waals surface area contributed by atoms with Crippen molar-refractivity contribution in [2.24, 2.45) is 0 Å². The average molecular weight is 348 g/mol. The van der Waals surface area contributed by atoms with Crippen molar-refractivity contribution in [3.8, 4) is 0 Å². The first-order valence-corrected chi connectivity index (χ1v) is 12.8. The number of rotatable bonds is 4. The Bertz CT molecular complexity index is 488. The fourth-order valence-corrected chi connectivity index (χ4v) is 6.30. The van der Waals surface area contributed by atoms with E-state index in [0.717, 1.165) is 26.2 Å². The van der Waals surface area contributed by atoms with Gasteiger partial charge in [0.1, 0.15) is 0 Å². The van der Waals surface area contributed by atoms with Gasteiger partial charge in [-0.05, 0) is 50.5 Å². The fraction of sp³-hybridized carbons (Fsp3) is 0.700. The van der Waals surface area contributed by atoms with Crippen LogP contribution >= 0.6 is 0 Å². The lowest BCUT2D eigenvalue weighted by Crippen LogP contribution is -2.48. The number of ether oxygens (including phenoxy) is 1. The van der Waals surface area contributed by atoms with Crippen molar-refractivity contribution in [2.45, 2.75) is 69.8 Å². The Morgan fingerprint density at radius 3 is 2.54 bits per heavy atom. The van der Waals surface area contributed by atoms with Crippen LogP contribution in [0.1, 0.15) is 38.5 Å². The highest BCUT2D eigenvalue weighted by molar-refractivity contribution is 6.71. The van der Waals surface area contributed by atoms with Gasteiger partial charge in [-0.2, -0.15) is 0 Å². The molecule has 1 saturated carbocycles. The number of hydrogen-bond donors (Lipinski definition) is 0. The molecule has 0 spiro atoms. The molecule has 1 heterocycles. The second-order valence-corrected chi connectivity index (χ2v) is 12.2. The highest BCUT2D eigenvalue weighted by Gasteiger charge is 2.31. The van der Waals surface area contributed by atoms with E-state index in [9.17, 15) is 0 Å². The first kappa shape index (κ1) is 18.0.